The maximum Gasteiger partial charge on any atom is 0.337 e. The van der Waals surface area contributed by atoms with E-state index in [2.05, 4.69) is 5.32 Å². The van der Waals surface area contributed by atoms with E-state index < -0.39 is 11.9 Å². The first-order valence-electron chi connectivity index (χ1n) is 12.1. The van der Waals surface area contributed by atoms with E-state index in [-0.39, 0.29) is 23.9 Å². The van der Waals surface area contributed by atoms with Crippen molar-refractivity contribution in [3.05, 3.63) is 87.2 Å². The van der Waals surface area contributed by atoms with Gasteiger partial charge in [0.1, 0.15) is 5.75 Å². The van der Waals surface area contributed by atoms with Gasteiger partial charge in [-0.25, -0.2) is 4.79 Å². The van der Waals surface area contributed by atoms with Gasteiger partial charge in [-0.3, -0.25) is 4.79 Å². The molecule has 4 rings (SSSR count). The number of allylic oxidation sites excluding steroid dienone is 3. The van der Waals surface area contributed by atoms with Gasteiger partial charge in [0.05, 0.1) is 23.7 Å². The average molecular weight is 494 g/mol. The maximum atomic E-state index is 13.8. The predicted octanol–water partition coefficient (Wildman–Crippen LogP) is 6.44. The smallest absolute Gasteiger partial charge is 0.337 e. The first kappa shape index (κ1) is 25.1. The first-order chi connectivity index (χ1) is 16.7. The molecule has 2 aromatic rings. The molecular weight excluding hydrogens is 462 g/mol. The van der Waals surface area contributed by atoms with Crippen LogP contribution in [0.5, 0.6) is 5.75 Å². The zero-order chi connectivity index (χ0) is 25.3. The monoisotopic (exact) mass is 493 g/mol. The number of esters is 1. The van der Waals surface area contributed by atoms with E-state index in [1.54, 1.807) is 0 Å². The summed E-state index contributed by atoms with van der Waals surface area (Å²) in [6.07, 6.45) is 0.685. The lowest BCUT2D eigenvalue weighted by Gasteiger charge is -2.37. The summed E-state index contributed by atoms with van der Waals surface area (Å²) in [5, 5.41) is 4.06. The fourth-order valence-electron chi connectivity index (χ4n) is 4.95. The molecule has 0 unspecified atom stereocenters. The molecule has 2 aromatic carbocycles. The second-order valence-electron chi connectivity index (χ2n) is 9.73. The molecule has 0 saturated heterocycles. The minimum Gasteiger partial charge on any atom is -0.491 e. The quantitative estimate of drug-likeness (QED) is 0.469. The van der Waals surface area contributed by atoms with Crippen molar-refractivity contribution in [1.82, 2.24) is 5.32 Å². The molecule has 5 nitrogen and oxygen atoms in total. The molecule has 0 saturated carbocycles. The van der Waals surface area contributed by atoms with Crippen molar-refractivity contribution in [3.63, 3.8) is 0 Å². The van der Waals surface area contributed by atoms with Crippen molar-refractivity contribution in [2.24, 2.45) is 0 Å². The van der Waals surface area contributed by atoms with E-state index >= 15 is 0 Å². The molecule has 1 heterocycles. The molecule has 2 aliphatic rings. The summed E-state index contributed by atoms with van der Waals surface area (Å²) in [5.74, 6) is -0.271. The standard InChI is InChI=1S/C29H32ClNO4/c1-16(2)34-25-9-7-6-8-22(25)27-26(29(33)35-17(3)4)18(5)31-23-14-20(15-24(32)28(23)27)19-10-12-21(30)13-11-19/h6-13,16-17,20,27,31H,14-15H2,1-5H3/t20-,27+/m1/s1. The number of carbonyl (C=O) groups excluding carboxylic acids is 2. The summed E-state index contributed by atoms with van der Waals surface area (Å²) >= 11 is 6.08. The van der Waals surface area contributed by atoms with Crippen molar-refractivity contribution < 1.29 is 19.1 Å². The number of nitrogens with one attached hydrogen (secondary N) is 1. The van der Waals surface area contributed by atoms with Crippen molar-refractivity contribution >= 4 is 23.4 Å². The molecule has 1 aliphatic heterocycles. The number of dihydropyridines is 1. The summed E-state index contributed by atoms with van der Waals surface area (Å²) in [6.45, 7) is 9.43. The van der Waals surface area contributed by atoms with Gasteiger partial charge in [0.15, 0.2) is 5.78 Å². The van der Waals surface area contributed by atoms with Crippen LogP contribution in [0.4, 0.5) is 0 Å². The summed E-state index contributed by atoms with van der Waals surface area (Å²) in [6, 6.07) is 15.3. The van der Waals surface area contributed by atoms with Gasteiger partial charge in [-0.15, -0.1) is 0 Å². The van der Waals surface area contributed by atoms with Crippen molar-refractivity contribution in [3.8, 4) is 5.75 Å². The van der Waals surface area contributed by atoms with Gasteiger partial charge >= 0.3 is 5.97 Å². The van der Waals surface area contributed by atoms with Crippen LogP contribution in [-0.2, 0) is 14.3 Å². The van der Waals surface area contributed by atoms with Crippen LogP contribution >= 0.6 is 11.6 Å². The number of benzene rings is 2. The minimum atomic E-state index is -0.564. The Morgan fingerprint density at radius 3 is 2.34 bits per heavy atom. The third-order valence-corrected chi connectivity index (χ3v) is 6.58. The minimum absolute atomic E-state index is 0.0189. The van der Waals surface area contributed by atoms with Gasteiger partial charge < -0.3 is 14.8 Å². The van der Waals surface area contributed by atoms with Crippen LogP contribution in [0.1, 0.15) is 70.4 Å². The summed E-state index contributed by atoms with van der Waals surface area (Å²) < 4.78 is 11.7. The van der Waals surface area contributed by atoms with Gasteiger partial charge in [0.25, 0.3) is 0 Å². The van der Waals surface area contributed by atoms with E-state index in [1.807, 2.05) is 83.1 Å². The van der Waals surface area contributed by atoms with Crippen LogP contribution < -0.4 is 10.1 Å². The highest BCUT2D eigenvalue weighted by Crippen LogP contribution is 2.48. The zero-order valence-electron chi connectivity index (χ0n) is 20.9. The average Bonchev–Trinajstić information content (AvgIpc) is 2.78. The highest BCUT2D eigenvalue weighted by molar-refractivity contribution is 6.30. The fourth-order valence-corrected chi connectivity index (χ4v) is 5.08. The van der Waals surface area contributed by atoms with Crippen LogP contribution in [0.3, 0.4) is 0 Å². The highest BCUT2D eigenvalue weighted by Gasteiger charge is 2.42. The van der Waals surface area contributed by atoms with Gasteiger partial charge in [-0.05, 0) is 70.7 Å². The van der Waals surface area contributed by atoms with Crippen LogP contribution in [-0.4, -0.2) is 24.0 Å². The summed E-state index contributed by atoms with van der Waals surface area (Å²) in [4.78, 5) is 27.1. The topological polar surface area (TPSA) is 64.6 Å². The molecule has 0 spiro atoms. The highest BCUT2D eigenvalue weighted by atomic mass is 35.5. The Morgan fingerprint density at radius 2 is 1.69 bits per heavy atom. The number of hydrogen-bond donors (Lipinski definition) is 1. The lowest BCUT2D eigenvalue weighted by molar-refractivity contribution is -0.143. The maximum absolute atomic E-state index is 13.8. The van der Waals surface area contributed by atoms with E-state index in [9.17, 15) is 9.59 Å². The number of para-hydroxylation sites is 1. The van der Waals surface area contributed by atoms with Gasteiger partial charge in [-0.1, -0.05) is 41.9 Å². The molecule has 6 heteroatoms. The molecule has 1 N–H and O–H groups in total. The van der Waals surface area contributed by atoms with Gasteiger partial charge in [0, 0.05) is 34.0 Å². The molecule has 35 heavy (non-hydrogen) atoms. The van der Waals surface area contributed by atoms with E-state index in [1.165, 1.54) is 0 Å². The summed E-state index contributed by atoms with van der Waals surface area (Å²) in [7, 11) is 0. The lowest BCUT2D eigenvalue weighted by atomic mass is 9.71. The van der Waals surface area contributed by atoms with E-state index in [4.69, 9.17) is 21.1 Å². The Labute approximate surface area is 212 Å². The second-order valence-corrected chi connectivity index (χ2v) is 10.2. The number of ether oxygens (including phenoxy) is 2. The number of Topliss-reactive ketones (excluding diaryl/α,β-unsaturated/α-hetero) is 1. The molecule has 0 bridgehead atoms. The Kier molecular flexibility index (Phi) is 7.36. The van der Waals surface area contributed by atoms with Crippen LogP contribution in [0.2, 0.25) is 5.02 Å². The Bertz CT molecular complexity index is 1190. The van der Waals surface area contributed by atoms with Gasteiger partial charge in [-0.2, -0.15) is 0 Å². The Balaban J connectivity index is 1.83. The molecule has 1 aliphatic carbocycles. The lowest BCUT2D eigenvalue weighted by Crippen LogP contribution is -2.36. The predicted molar refractivity (Wildman–Crippen MR) is 137 cm³/mol. The fraction of sp³-hybridized carbons (Fsp3) is 0.379. The number of rotatable bonds is 6. The zero-order valence-corrected chi connectivity index (χ0v) is 21.6. The molecule has 184 valence electrons. The first-order valence-corrected chi connectivity index (χ1v) is 12.5. The van der Waals surface area contributed by atoms with Crippen LogP contribution in [0.25, 0.3) is 0 Å². The normalized spacial score (nSPS) is 20.2. The molecule has 2 atom stereocenters. The molecule has 0 aromatic heterocycles. The third-order valence-electron chi connectivity index (χ3n) is 6.32. The number of carbonyl (C=O) groups is 2. The Morgan fingerprint density at radius 1 is 1.00 bits per heavy atom. The second kappa shape index (κ2) is 10.3. The molecular formula is C29H32ClNO4. The van der Waals surface area contributed by atoms with Crippen LogP contribution in [0, 0.1) is 0 Å². The third kappa shape index (κ3) is 5.30. The van der Waals surface area contributed by atoms with E-state index in [0.717, 1.165) is 16.8 Å². The van der Waals surface area contributed by atoms with Crippen molar-refractivity contribution in [2.75, 3.05) is 0 Å². The SMILES string of the molecule is CC1=C(C(=O)OC(C)C)[C@H](c2ccccc2OC(C)C)C2=C(C[C@@H](c3ccc(Cl)cc3)CC2=O)N1. The molecule has 0 fully saturated rings. The van der Waals surface area contributed by atoms with Crippen LogP contribution in [0.15, 0.2) is 71.1 Å². The van der Waals surface area contributed by atoms with E-state index in [0.29, 0.717) is 40.5 Å². The van der Waals surface area contributed by atoms with Crippen molar-refractivity contribution in [2.45, 2.75) is 71.5 Å². The molecule has 0 amide bonds. The Hall–Kier alpha value is -3.05. The number of hydrogen-bond acceptors (Lipinski definition) is 5. The van der Waals surface area contributed by atoms with Gasteiger partial charge in [0.2, 0.25) is 0 Å². The number of halogens is 1. The summed E-state index contributed by atoms with van der Waals surface area (Å²) in [5.41, 5.74) is 4.49. The number of ketones is 1. The molecule has 0 radical (unpaired) electrons. The largest absolute Gasteiger partial charge is 0.491 e. The van der Waals surface area contributed by atoms with Crippen molar-refractivity contribution in [1.29, 1.82) is 0 Å².